The minimum atomic E-state index is -0.192. The van der Waals surface area contributed by atoms with Gasteiger partial charge >= 0.3 is 0 Å². The lowest BCUT2D eigenvalue weighted by atomic mass is 10.2. The maximum atomic E-state index is 12.0. The van der Waals surface area contributed by atoms with Crippen LogP contribution in [0.15, 0.2) is 42.5 Å². The summed E-state index contributed by atoms with van der Waals surface area (Å²) < 4.78 is 5.37. The predicted octanol–water partition coefficient (Wildman–Crippen LogP) is 4.32. The van der Waals surface area contributed by atoms with Gasteiger partial charge in [0, 0.05) is 12.1 Å². The number of carbonyl (C=O) groups is 1. The van der Waals surface area contributed by atoms with Crippen molar-refractivity contribution in [2.75, 3.05) is 6.61 Å². The van der Waals surface area contributed by atoms with Crippen LogP contribution in [0.3, 0.4) is 0 Å². The Morgan fingerprint density at radius 2 is 1.81 bits per heavy atom. The van der Waals surface area contributed by atoms with Crippen molar-refractivity contribution in [2.45, 2.75) is 13.5 Å². The topological polar surface area (TPSA) is 38.3 Å². The minimum Gasteiger partial charge on any atom is -0.494 e. The second-order valence-electron chi connectivity index (χ2n) is 4.39. The van der Waals surface area contributed by atoms with Crippen LogP contribution in [0.25, 0.3) is 0 Å². The lowest BCUT2D eigenvalue weighted by Crippen LogP contribution is -2.22. The Kier molecular flexibility index (Phi) is 5.48. The first-order valence-corrected chi connectivity index (χ1v) is 7.30. The molecule has 0 saturated heterocycles. The predicted molar refractivity (Wildman–Crippen MR) is 85.2 cm³/mol. The van der Waals surface area contributed by atoms with Gasteiger partial charge < -0.3 is 10.1 Å². The summed E-state index contributed by atoms with van der Waals surface area (Å²) in [7, 11) is 0. The number of halogens is 2. The molecule has 21 heavy (non-hydrogen) atoms. The van der Waals surface area contributed by atoms with Crippen LogP contribution in [-0.2, 0) is 6.54 Å². The van der Waals surface area contributed by atoms with E-state index in [1.54, 1.807) is 18.2 Å². The summed E-state index contributed by atoms with van der Waals surface area (Å²) in [4.78, 5) is 12.0. The minimum absolute atomic E-state index is 0.192. The smallest absolute Gasteiger partial charge is 0.251 e. The highest BCUT2D eigenvalue weighted by molar-refractivity contribution is 6.42. The molecule has 0 heterocycles. The highest BCUT2D eigenvalue weighted by Gasteiger charge is 2.07. The third-order valence-corrected chi connectivity index (χ3v) is 3.61. The van der Waals surface area contributed by atoms with Gasteiger partial charge in [0.05, 0.1) is 16.7 Å². The van der Waals surface area contributed by atoms with Crippen molar-refractivity contribution in [1.82, 2.24) is 5.32 Å². The molecule has 0 aliphatic carbocycles. The van der Waals surface area contributed by atoms with Gasteiger partial charge in [-0.05, 0) is 42.8 Å². The van der Waals surface area contributed by atoms with E-state index in [2.05, 4.69) is 5.32 Å². The average molecular weight is 324 g/mol. The van der Waals surface area contributed by atoms with Crippen LogP contribution in [0.2, 0.25) is 10.0 Å². The van der Waals surface area contributed by atoms with Crippen molar-refractivity contribution in [2.24, 2.45) is 0 Å². The maximum Gasteiger partial charge on any atom is 0.251 e. The third kappa shape index (κ3) is 4.38. The van der Waals surface area contributed by atoms with E-state index < -0.39 is 0 Å². The Balaban J connectivity index is 1.95. The molecule has 1 N–H and O–H groups in total. The Hall–Kier alpha value is -1.71. The molecule has 0 saturated carbocycles. The van der Waals surface area contributed by atoms with E-state index in [4.69, 9.17) is 27.9 Å². The number of amides is 1. The van der Waals surface area contributed by atoms with Crippen molar-refractivity contribution in [1.29, 1.82) is 0 Å². The first kappa shape index (κ1) is 15.7. The third-order valence-electron chi connectivity index (χ3n) is 2.87. The van der Waals surface area contributed by atoms with Gasteiger partial charge in [-0.25, -0.2) is 0 Å². The molecule has 0 bridgehead atoms. The summed E-state index contributed by atoms with van der Waals surface area (Å²) in [6.45, 7) is 3.00. The molecule has 5 heteroatoms. The fourth-order valence-corrected chi connectivity index (χ4v) is 2.09. The molecule has 0 atom stereocenters. The summed E-state index contributed by atoms with van der Waals surface area (Å²) >= 11 is 11.7. The number of rotatable bonds is 5. The van der Waals surface area contributed by atoms with Gasteiger partial charge in [0.25, 0.3) is 5.91 Å². The second kappa shape index (κ2) is 7.34. The lowest BCUT2D eigenvalue weighted by molar-refractivity contribution is 0.0951. The summed E-state index contributed by atoms with van der Waals surface area (Å²) in [5.74, 6) is 0.625. The number of hydrogen-bond donors (Lipinski definition) is 1. The molecule has 3 nitrogen and oxygen atoms in total. The molecular formula is C16H15Cl2NO2. The average Bonchev–Trinajstić information content (AvgIpc) is 2.49. The van der Waals surface area contributed by atoms with Crippen LogP contribution in [0.4, 0.5) is 0 Å². The van der Waals surface area contributed by atoms with Crippen molar-refractivity contribution >= 4 is 29.1 Å². The summed E-state index contributed by atoms with van der Waals surface area (Å²) in [6.07, 6.45) is 0. The highest BCUT2D eigenvalue weighted by atomic mass is 35.5. The van der Waals surface area contributed by atoms with E-state index in [9.17, 15) is 4.79 Å². The highest BCUT2D eigenvalue weighted by Crippen LogP contribution is 2.22. The molecule has 2 aromatic rings. The molecule has 2 rings (SSSR count). The normalized spacial score (nSPS) is 10.2. The SMILES string of the molecule is CCOc1ccc(CNC(=O)c2ccc(Cl)c(Cl)c2)cc1. The van der Waals surface area contributed by atoms with Crippen LogP contribution in [0.5, 0.6) is 5.75 Å². The van der Waals surface area contributed by atoms with E-state index in [1.807, 2.05) is 31.2 Å². The van der Waals surface area contributed by atoms with Gasteiger partial charge in [-0.1, -0.05) is 35.3 Å². The van der Waals surface area contributed by atoms with Crippen LogP contribution in [-0.4, -0.2) is 12.5 Å². The zero-order valence-corrected chi connectivity index (χ0v) is 13.0. The molecule has 0 radical (unpaired) electrons. The van der Waals surface area contributed by atoms with E-state index >= 15 is 0 Å². The van der Waals surface area contributed by atoms with Crippen LogP contribution in [0, 0.1) is 0 Å². The number of hydrogen-bond acceptors (Lipinski definition) is 2. The number of benzene rings is 2. The first-order chi connectivity index (χ1) is 10.1. The zero-order valence-electron chi connectivity index (χ0n) is 11.5. The van der Waals surface area contributed by atoms with Gasteiger partial charge in [0.2, 0.25) is 0 Å². The maximum absolute atomic E-state index is 12.0. The molecule has 1 amide bonds. The van der Waals surface area contributed by atoms with Crippen molar-refractivity contribution < 1.29 is 9.53 Å². The van der Waals surface area contributed by atoms with E-state index in [0.717, 1.165) is 11.3 Å². The fraction of sp³-hybridized carbons (Fsp3) is 0.188. The van der Waals surface area contributed by atoms with Crippen molar-refractivity contribution in [3.8, 4) is 5.75 Å². The molecular weight excluding hydrogens is 309 g/mol. The van der Waals surface area contributed by atoms with E-state index in [-0.39, 0.29) is 5.91 Å². The lowest BCUT2D eigenvalue weighted by Gasteiger charge is -2.07. The molecule has 0 aromatic heterocycles. The van der Waals surface area contributed by atoms with E-state index in [1.165, 1.54) is 0 Å². The van der Waals surface area contributed by atoms with Crippen LogP contribution in [0.1, 0.15) is 22.8 Å². The van der Waals surface area contributed by atoms with Gasteiger partial charge in [-0.2, -0.15) is 0 Å². The Morgan fingerprint density at radius 3 is 2.43 bits per heavy atom. The fourth-order valence-electron chi connectivity index (χ4n) is 1.79. The molecule has 0 aliphatic rings. The molecule has 0 fully saturated rings. The van der Waals surface area contributed by atoms with Gasteiger partial charge in [0.1, 0.15) is 5.75 Å². The van der Waals surface area contributed by atoms with Crippen LogP contribution >= 0.6 is 23.2 Å². The second-order valence-corrected chi connectivity index (χ2v) is 5.20. The molecule has 0 unspecified atom stereocenters. The molecule has 0 aliphatic heterocycles. The Morgan fingerprint density at radius 1 is 1.10 bits per heavy atom. The van der Waals surface area contributed by atoms with Gasteiger partial charge in [-0.3, -0.25) is 4.79 Å². The Bertz CT molecular complexity index is 627. The summed E-state index contributed by atoms with van der Waals surface area (Å²) in [5.41, 5.74) is 1.47. The van der Waals surface area contributed by atoms with Gasteiger partial charge in [0.15, 0.2) is 0 Å². The number of nitrogens with one attached hydrogen (secondary N) is 1. The van der Waals surface area contributed by atoms with Gasteiger partial charge in [-0.15, -0.1) is 0 Å². The monoisotopic (exact) mass is 323 g/mol. The van der Waals surface area contributed by atoms with E-state index in [0.29, 0.717) is 28.8 Å². The number of ether oxygens (including phenoxy) is 1. The van der Waals surface area contributed by atoms with Crippen molar-refractivity contribution in [3.63, 3.8) is 0 Å². The first-order valence-electron chi connectivity index (χ1n) is 6.55. The largest absolute Gasteiger partial charge is 0.494 e. The molecule has 110 valence electrons. The Labute approximate surface area is 133 Å². The van der Waals surface area contributed by atoms with Crippen LogP contribution < -0.4 is 10.1 Å². The quantitative estimate of drug-likeness (QED) is 0.889. The zero-order chi connectivity index (χ0) is 15.2. The standard InChI is InChI=1S/C16H15Cl2NO2/c1-2-21-13-6-3-11(4-7-13)10-19-16(20)12-5-8-14(17)15(18)9-12/h3-9H,2,10H2,1H3,(H,19,20). The summed E-state index contributed by atoms with van der Waals surface area (Å²) in [5, 5.41) is 3.63. The molecule has 2 aromatic carbocycles. The number of carbonyl (C=O) groups excluding carboxylic acids is 1. The molecule has 0 spiro atoms. The summed E-state index contributed by atoms with van der Waals surface area (Å²) in [6, 6.07) is 12.4. The van der Waals surface area contributed by atoms with Crippen molar-refractivity contribution in [3.05, 3.63) is 63.6 Å².